The predicted octanol–water partition coefficient (Wildman–Crippen LogP) is 5.16. The van der Waals surface area contributed by atoms with Gasteiger partial charge in [-0.25, -0.2) is 0 Å². The topological polar surface area (TPSA) is 96.5 Å². The number of halogens is 1. The molecule has 0 saturated carbocycles. The summed E-state index contributed by atoms with van der Waals surface area (Å²) in [6.45, 7) is 5.10. The zero-order valence-corrected chi connectivity index (χ0v) is 17.7. The van der Waals surface area contributed by atoms with Crippen molar-refractivity contribution in [3.8, 4) is 5.75 Å². The lowest BCUT2D eigenvalue weighted by Crippen LogP contribution is -2.41. The Morgan fingerprint density at radius 2 is 1.80 bits per heavy atom. The van der Waals surface area contributed by atoms with E-state index in [2.05, 4.69) is 4.98 Å². The molecule has 0 radical (unpaired) electrons. The molecule has 0 atom stereocenters. The number of nitrogens with one attached hydrogen (secondary N) is 1. The molecular weight excluding hydrogens is 406 g/mol. The van der Waals surface area contributed by atoms with Gasteiger partial charge in [-0.15, -0.1) is 0 Å². The van der Waals surface area contributed by atoms with Gasteiger partial charge in [-0.2, -0.15) is 0 Å². The van der Waals surface area contributed by atoms with Crippen LogP contribution in [0.25, 0.3) is 10.9 Å². The van der Waals surface area contributed by atoms with Gasteiger partial charge in [0, 0.05) is 16.0 Å². The summed E-state index contributed by atoms with van der Waals surface area (Å²) in [5.74, 6) is -2.53. The molecule has 0 fully saturated rings. The number of ketones is 1. The number of ether oxygens (including phenoxy) is 1. The summed E-state index contributed by atoms with van der Waals surface area (Å²) in [5.41, 5.74) is 0.202. The van der Waals surface area contributed by atoms with E-state index < -0.39 is 17.4 Å². The zero-order chi connectivity index (χ0) is 22.1. The molecule has 0 aliphatic carbocycles. The van der Waals surface area contributed by atoms with Crippen LogP contribution >= 0.6 is 11.6 Å². The number of benzene rings is 2. The monoisotopic (exact) mass is 427 g/mol. The van der Waals surface area contributed by atoms with Crippen molar-refractivity contribution in [2.45, 2.75) is 33.6 Å². The van der Waals surface area contributed by atoms with E-state index in [9.17, 15) is 19.5 Å². The van der Waals surface area contributed by atoms with Gasteiger partial charge in [-0.3, -0.25) is 14.4 Å². The molecule has 7 heteroatoms. The lowest BCUT2D eigenvalue weighted by Gasteiger charge is -2.24. The summed E-state index contributed by atoms with van der Waals surface area (Å²) in [4.78, 5) is 41.0. The Morgan fingerprint density at radius 3 is 2.40 bits per heavy atom. The van der Waals surface area contributed by atoms with Gasteiger partial charge in [0.15, 0.2) is 11.2 Å². The van der Waals surface area contributed by atoms with E-state index in [1.54, 1.807) is 50.2 Å². The molecule has 0 aliphatic heterocycles. The molecule has 0 spiro atoms. The fourth-order valence-corrected chi connectivity index (χ4v) is 3.63. The second kappa shape index (κ2) is 8.32. The summed E-state index contributed by atoms with van der Waals surface area (Å²) >= 11 is 6.07. The molecule has 6 nitrogen and oxygen atoms in total. The largest absolute Gasteiger partial charge is 0.480 e. The van der Waals surface area contributed by atoms with Crippen LogP contribution in [0.1, 0.15) is 48.3 Å². The van der Waals surface area contributed by atoms with Crippen LogP contribution in [-0.2, 0) is 9.59 Å². The molecule has 156 valence electrons. The lowest BCUT2D eigenvalue weighted by atomic mass is 9.82. The van der Waals surface area contributed by atoms with Crippen molar-refractivity contribution in [2.24, 2.45) is 5.41 Å². The van der Waals surface area contributed by atoms with Crippen LogP contribution in [0.3, 0.4) is 0 Å². The van der Waals surface area contributed by atoms with E-state index >= 15 is 0 Å². The quantitative estimate of drug-likeness (QED) is 0.308. The number of hydrogen-bond donors (Lipinski definition) is 2. The average molecular weight is 428 g/mol. The zero-order valence-electron chi connectivity index (χ0n) is 16.9. The maximum Gasteiger partial charge on any atom is 0.328 e. The van der Waals surface area contributed by atoms with Crippen LogP contribution in [0.5, 0.6) is 5.75 Å². The molecule has 3 aromatic rings. The first-order valence-electron chi connectivity index (χ1n) is 9.61. The smallest absolute Gasteiger partial charge is 0.328 e. The van der Waals surface area contributed by atoms with Crippen LogP contribution in [0.15, 0.2) is 42.5 Å². The summed E-state index contributed by atoms with van der Waals surface area (Å²) in [7, 11) is 0. The molecule has 30 heavy (non-hydrogen) atoms. The Labute approximate surface area is 178 Å². The number of aromatic amines is 1. The number of carboxylic acid groups (broad SMARTS) is 1. The number of aromatic nitrogens is 1. The van der Waals surface area contributed by atoms with Crippen molar-refractivity contribution >= 4 is 40.2 Å². The predicted molar refractivity (Wildman–Crippen MR) is 114 cm³/mol. The number of carbonyl (C=O) groups excluding carboxylic acids is 2. The van der Waals surface area contributed by atoms with Gasteiger partial charge in [0.05, 0.1) is 5.52 Å². The normalized spacial score (nSPS) is 11.5. The second-order valence-corrected chi connectivity index (χ2v) is 7.64. The molecule has 0 bridgehead atoms. The van der Waals surface area contributed by atoms with Crippen molar-refractivity contribution in [1.29, 1.82) is 0 Å². The third-order valence-electron chi connectivity index (χ3n) is 5.42. The Kier molecular flexibility index (Phi) is 5.99. The van der Waals surface area contributed by atoms with Crippen LogP contribution in [0.4, 0.5) is 0 Å². The second-order valence-electron chi connectivity index (χ2n) is 7.20. The molecule has 0 unspecified atom stereocenters. The van der Waals surface area contributed by atoms with Crippen LogP contribution in [0, 0.1) is 12.3 Å². The van der Waals surface area contributed by atoms with Gasteiger partial charge in [0.2, 0.25) is 5.78 Å². The number of carbonyl (C=O) groups is 3. The Hall–Kier alpha value is -3.12. The van der Waals surface area contributed by atoms with E-state index in [4.69, 9.17) is 16.3 Å². The number of aryl methyl sites for hydroxylation is 1. The number of rotatable bonds is 7. The van der Waals surface area contributed by atoms with Gasteiger partial charge in [-0.05, 0) is 44.0 Å². The minimum absolute atomic E-state index is 0.00528. The fourth-order valence-electron chi connectivity index (χ4n) is 3.46. The van der Waals surface area contributed by atoms with Gasteiger partial charge in [0.1, 0.15) is 5.69 Å². The fraction of sp³-hybridized carbons (Fsp3) is 0.261. The number of aliphatic carboxylic acids is 1. The van der Waals surface area contributed by atoms with E-state index in [0.29, 0.717) is 21.5 Å². The van der Waals surface area contributed by atoms with Crippen LogP contribution < -0.4 is 4.74 Å². The summed E-state index contributed by atoms with van der Waals surface area (Å²) in [6, 6.07) is 11.9. The van der Waals surface area contributed by atoms with Crippen molar-refractivity contribution in [3.05, 3.63) is 64.3 Å². The van der Waals surface area contributed by atoms with Gasteiger partial charge in [0.25, 0.3) is 0 Å². The van der Waals surface area contributed by atoms with Crippen molar-refractivity contribution in [2.75, 3.05) is 0 Å². The molecule has 2 aromatic carbocycles. The number of fused-ring (bicyclic) bond motifs is 1. The minimum atomic E-state index is -1.69. The number of esters is 1. The van der Waals surface area contributed by atoms with Gasteiger partial charge >= 0.3 is 11.9 Å². The van der Waals surface area contributed by atoms with E-state index in [1.165, 1.54) is 0 Å². The molecular formula is C23H22ClNO5. The minimum Gasteiger partial charge on any atom is -0.480 e. The summed E-state index contributed by atoms with van der Waals surface area (Å²) in [6.07, 6.45) is 0.125. The van der Waals surface area contributed by atoms with Crippen LogP contribution in [-0.4, -0.2) is 27.8 Å². The first-order chi connectivity index (χ1) is 14.2. The number of hydrogen-bond acceptors (Lipinski definition) is 4. The Balaban J connectivity index is 2.15. The first kappa shape index (κ1) is 21.6. The van der Waals surface area contributed by atoms with Gasteiger partial charge < -0.3 is 14.8 Å². The van der Waals surface area contributed by atoms with Crippen molar-refractivity contribution in [3.63, 3.8) is 0 Å². The average Bonchev–Trinajstić information content (AvgIpc) is 3.05. The Morgan fingerprint density at radius 1 is 1.10 bits per heavy atom. The number of H-pyrrole nitrogens is 1. The summed E-state index contributed by atoms with van der Waals surface area (Å²) in [5, 5.41) is 10.6. The Bertz CT molecular complexity index is 1140. The van der Waals surface area contributed by atoms with Crippen molar-refractivity contribution in [1.82, 2.24) is 4.98 Å². The maximum absolute atomic E-state index is 13.2. The molecule has 1 aromatic heterocycles. The van der Waals surface area contributed by atoms with E-state index in [0.717, 1.165) is 5.56 Å². The SMILES string of the molecule is CCC(CC)(C(=O)O)C(=O)Oc1c(C(=O)c2cccc(C)c2)[nH]c2cc(Cl)ccc12. The number of carboxylic acids is 1. The highest BCUT2D eigenvalue weighted by molar-refractivity contribution is 6.31. The first-order valence-corrected chi connectivity index (χ1v) is 9.99. The van der Waals surface area contributed by atoms with Crippen molar-refractivity contribution < 1.29 is 24.2 Å². The van der Waals surface area contributed by atoms with E-state index in [1.807, 2.05) is 13.0 Å². The standard InChI is InChI=1S/C23H22ClNO5/c1-4-23(5-2,21(27)28)22(29)30-20-16-10-9-15(24)12-17(16)25-18(20)19(26)14-8-6-7-13(3)11-14/h6-12,25H,4-5H2,1-3H3,(H,27,28). The van der Waals surface area contributed by atoms with Crippen LogP contribution in [0.2, 0.25) is 5.02 Å². The molecule has 3 rings (SSSR count). The van der Waals surface area contributed by atoms with Gasteiger partial charge in [-0.1, -0.05) is 49.2 Å². The molecule has 0 amide bonds. The highest BCUT2D eigenvalue weighted by atomic mass is 35.5. The maximum atomic E-state index is 13.2. The summed E-state index contributed by atoms with van der Waals surface area (Å²) < 4.78 is 5.61. The lowest BCUT2D eigenvalue weighted by molar-refractivity contribution is -0.163. The molecule has 0 aliphatic rings. The molecule has 0 saturated heterocycles. The van der Waals surface area contributed by atoms with E-state index in [-0.39, 0.29) is 30.1 Å². The molecule has 2 N–H and O–H groups in total. The molecule has 1 heterocycles. The highest BCUT2D eigenvalue weighted by Gasteiger charge is 2.45. The third-order valence-corrected chi connectivity index (χ3v) is 5.66. The third kappa shape index (κ3) is 3.71. The highest BCUT2D eigenvalue weighted by Crippen LogP contribution is 2.36.